The Morgan fingerprint density at radius 3 is 2.93 bits per heavy atom. The maximum absolute atomic E-state index is 5.52. The van der Waals surface area contributed by atoms with Crippen molar-refractivity contribution in [3.63, 3.8) is 0 Å². The van der Waals surface area contributed by atoms with Crippen LogP contribution >= 0.6 is 11.5 Å². The van der Waals surface area contributed by atoms with Crippen molar-refractivity contribution in [2.75, 3.05) is 11.1 Å². The number of aryl methyl sites for hydroxylation is 1. The summed E-state index contributed by atoms with van der Waals surface area (Å²) < 4.78 is 5.85. The fraction of sp³-hybridized carbons (Fsp3) is 0.333. The second kappa shape index (κ2) is 3.90. The van der Waals surface area contributed by atoms with E-state index >= 15 is 0 Å². The topological polar surface area (TPSA) is 68.8 Å². The lowest BCUT2D eigenvalue weighted by Gasteiger charge is -2.01. The van der Waals surface area contributed by atoms with Gasteiger partial charge in [-0.15, -0.1) is 0 Å². The summed E-state index contributed by atoms with van der Waals surface area (Å²) >= 11 is 1.37. The third-order valence-electron chi connectivity index (χ3n) is 2.32. The fourth-order valence-corrected chi connectivity index (χ4v) is 1.84. The van der Waals surface area contributed by atoms with Gasteiger partial charge in [0.15, 0.2) is 0 Å². The number of nitrogens with one attached hydrogen (secondary N) is 1. The highest BCUT2D eigenvalue weighted by atomic mass is 32.1. The Hall–Kier alpha value is -1.56. The van der Waals surface area contributed by atoms with Crippen LogP contribution in [0.3, 0.4) is 0 Å². The number of anilines is 2. The predicted molar refractivity (Wildman–Crippen MR) is 61.8 cm³/mol. The van der Waals surface area contributed by atoms with Gasteiger partial charge in [-0.25, -0.2) is 0 Å². The molecule has 0 aliphatic heterocycles. The molecule has 2 aromatic rings. The summed E-state index contributed by atoms with van der Waals surface area (Å²) in [4.78, 5) is 0. The van der Waals surface area contributed by atoms with Gasteiger partial charge in [0.2, 0.25) is 0 Å². The maximum atomic E-state index is 5.52. The summed E-state index contributed by atoms with van der Waals surface area (Å²) in [7, 11) is 1.93. The summed E-state index contributed by atoms with van der Waals surface area (Å²) in [5.74, 6) is 0.561. The first-order valence-corrected chi connectivity index (χ1v) is 5.37. The van der Waals surface area contributed by atoms with Crippen LogP contribution in [0.5, 0.6) is 0 Å². The molecule has 0 bridgehead atoms. The first-order valence-electron chi connectivity index (χ1n) is 4.60. The molecular weight excluding hydrogens is 210 g/mol. The van der Waals surface area contributed by atoms with E-state index in [1.807, 2.05) is 30.9 Å². The molecule has 0 aliphatic carbocycles. The Morgan fingerprint density at radius 2 is 2.40 bits per heavy atom. The Labute approximate surface area is 92.1 Å². The zero-order valence-electron chi connectivity index (χ0n) is 8.69. The van der Waals surface area contributed by atoms with Crippen LogP contribution < -0.4 is 11.1 Å². The Kier molecular flexibility index (Phi) is 2.59. The van der Waals surface area contributed by atoms with Crippen LogP contribution in [0.2, 0.25) is 0 Å². The van der Waals surface area contributed by atoms with Crippen LogP contribution in [0.4, 0.5) is 10.8 Å². The van der Waals surface area contributed by atoms with Crippen LogP contribution in [0, 0.1) is 6.92 Å². The molecule has 0 saturated carbocycles. The third-order valence-corrected chi connectivity index (χ3v) is 3.08. The quantitative estimate of drug-likeness (QED) is 0.824. The van der Waals surface area contributed by atoms with Gasteiger partial charge in [0.25, 0.3) is 0 Å². The number of nitrogens with zero attached hydrogens (tertiary/aromatic N) is 3. The Balaban J connectivity index is 2.02. The number of rotatable bonds is 3. The molecule has 3 N–H and O–H groups in total. The van der Waals surface area contributed by atoms with E-state index in [1.165, 1.54) is 22.8 Å². The summed E-state index contributed by atoms with van der Waals surface area (Å²) in [5.41, 5.74) is 7.88. The predicted octanol–water partition coefficient (Wildman–Crippen LogP) is 1.38. The minimum absolute atomic E-state index is 0.561. The van der Waals surface area contributed by atoms with Gasteiger partial charge in [0.05, 0.1) is 6.20 Å². The molecule has 6 heteroatoms. The normalized spacial score (nSPS) is 10.5. The molecule has 0 aliphatic rings. The van der Waals surface area contributed by atoms with Crippen molar-refractivity contribution in [1.82, 2.24) is 14.2 Å². The number of nitrogens with two attached hydrogens (primary N) is 1. The van der Waals surface area contributed by atoms with Crippen molar-refractivity contribution in [2.24, 2.45) is 7.05 Å². The van der Waals surface area contributed by atoms with E-state index in [-0.39, 0.29) is 0 Å². The largest absolute Gasteiger partial charge is 0.383 e. The molecule has 0 amide bonds. The van der Waals surface area contributed by atoms with Crippen LogP contribution in [0.25, 0.3) is 0 Å². The first-order chi connectivity index (χ1) is 7.16. The number of aromatic nitrogens is 3. The van der Waals surface area contributed by atoms with E-state index in [2.05, 4.69) is 14.8 Å². The molecule has 5 nitrogen and oxygen atoms in total. The molecule has 0 aromatic carbocycles. The van der Waals surface area contributed by atoms with Gasteiger partial charge < -0.3 is 11.1 Å². The zero-order valence-corrected chi connectivity index (χ0v) is 9.51. The van der Waals surface area contributed by atoms with E-state index in [9.17, 15) is 0 Å². The van der Waals surface area contributed by atoms with E-state index in [0.29, 0.717) is 5.82 Å². The Bertz CT molecular complexity index is 459. The highest BCUT2D eigenvalue weighted by molar-refractivity contribution is 7.10. The van der Waals surface area contributed by atoms with Crippen LogP contribution in [0.15, 0.2) is 12.3 Å². The van der Waals surface area contributed by atoms with Crippen molar-refractivity contribution in [1.29, 1.82) is 0 Å². The van der Waals surface area contributed by atoms with Crippen molar-refractivity contribution in [3.05, 3.63) is 23.5 Å². The molecule has 0 atom stereocenters. The van der Waals surface area contributed by atoms with Gasteiger partial charge in [-0.3, -0.25) is 4.68 Å². The lowest BCUT2D eigenvalue weighted by atomic mass is 10.2. The van der Waals surface area contributed by atoms with Crippen molar-refractivity contribution >= 4 is 22.4 Å². The van der Waals surface area contributed by atoms with Crippen LogP contribution in [-0.2, 0) is 13.6 Å². The summed E-state index contributed by atoms with van der Waals surface area (Å²) in [5, 5.41) is 8.41. The minimum Gasteiger partial charge on any atom is -0.383 e. The highest BCUT2D eigenvalue weighted by Crippen LogP contribution is 2.18. The van der Waals surface area contributed by atoms with Gasteiger partial charge in [-0.1, -0.05) is 0 Å². The molecule has 0 spiro atoms. The SMILES string of the molecule is Cc1c(CNc2cc(N)ns2)cnn1C. The molecular formula is C9H13N5S. The second-order valence-corrected chi connectivity index (χ2v) is 4.15. The maximum Gasteiger partial charge on any atom is 0.139 e. The average Bonchev–Trinajstić information content (AvgIpc) is 2.74. The van der Waals surface area contributed by atoms with Crippen LogP contribution in [0.1, 0.15) is 11.3 Å². The van der Waals surface area contributed by atoms with E-state index in [0.717, 1.165) is 11.5 Å². The number of nitrogen functional groups attached to an aromatic ring is 1. The molecule has 0 unspecified atom stereocenters. The van der Waals surface area contributed by atoms with Crippen molar-refractivity contribution < 1.29 is 0 Å². The molecule has 0 radical (unpaired) electrons. The third kappa shape index (κ3) is 2.10. The van der Waals surface area contributed by atoms with Gasteiger partial charge in [0, 0.05) is 30.9 Å². The van der Waals surface area contributed by atoms with Gasteiger partial charge in [-0.2, -0.15) is 9.47 Å². The summed E-state index contributed by atoms with van der Waals surface area (Å²) in [6.07, 6.45) is 1.87. The molecule has 15 heavy (non-hydrogen) atoms. The molecule has 2 heterocycles. The standard InChI is InChI=1S/C9H13N5S/c1-6-7(5-12-14(6)2)4-11-9-3-8(10)13-15-9/h3,5,11H,4H2,1-2H3,(H2,10,13). The van der Waals surface area contributed by atoms with E-state index in [1.54, 1.807) is 0 Å². The van der Waals surface area contributed by atoms with E-state index < -0.39 is 0 Å². The van der Waals surface area contributed by atoms with Crippen molar-refractivity contribution in [3.8, 4) is 0 Å². The highest BCUT2D eigenvalue weighted by Gasteiger charge is 2.04. The van der Waals surface area contributed by atoms with Gasteiger partial charge >= 0.3 is 0 Å². The average molecular weight is 223 g/mol. The molecule has 80 valence electrons. The smallest absolute Gasteiger partial charge is 0.139 e. The summed E-state index contributed by atoms with van der Waals surface area (Å²) in [6.45, 7) is 2.80. The first kappa shape index (κ1) is 9.97. The molecule has 2 aromatic heterocycles. The number of hydrogen-bond acceptors (Lipinski definition) is 5. The van der Waals surface area contributed by atoms with Crippen LogP contribution in [-0.4, -0.2) is 14.2 Å². The molecule has 0 fully saturated rings. The summed E-state index contributed by atoms with van der Waals surface area (Å²) in [6, 6.07) is 1.83. The lowest BCUT2D eigenvalue weighted by Crippen LogP contribution is -2.00. The second-order valence-electron chi connectivity index (χ2n) is 3.35. The Morgan fingerprint density at radius 1 is 1.60 bits per heavy atom. The molecule has 0 saturated heterocycles. The van der Waals surface area contributed by atoms with Crippen molar-refractivity contribution in [2.45, 2.75) is 13.5 Å². The minimum atomic E-state index is 0.561. The van der Waals surface area contributed by atoms with Gasteiger partial charge in [-0.05, 0) is 18.5 Å². The van der Waals surface area contributed by atoms with Gasteiger partial charge in [0.1, 0.15) is 10.8 Å². The van der Waals surface area contributed by atoms with E-state index in [4.69, 9.17) is 5.73 Å². The monoisotopic (exact) mass is 223 g/mol. The zero-order chi connectivity index (χ0) is 10.8. The fourth-order valence-electron chi connectivity index (χ4n) is 1.27. The molecule has 2 rings (SSSR count). The number of hydrogen-bond donors (Lipinski definition) is 2. The lowest BCUT2D eigenvalue weighted by molar-refractivity contribution is 0.738.